The molecule has 8 nitrogen and oxygen atoms in total. The Bertz CT molecular complexity index is 925. The lowest BCUT2D eigenvalue weighted by Gasteiger charge is -2.59. The average Bonchev–Trinajstić information content (AvgIpc) is 3.07. The first-order chi connectivity index (χ1) is 16.8. The maximum absolute atomic E-state index is 12.7. The number of fused-ring (bicyclic) bond motifs is 2. The Labute approximate surface area is 206 Å². The van der Waals surface area contributed by atoms with Crippen molar-refractivity contribution in [3.63, 3.8) is 0 Å². The second-order valence-electron chi connectivity index (χ2n) is 10.8. The average molecular weight is 488 g/mol. The number of ether oxygens (including phenoxy) is 3. The predicted molar refractivity (Wildman–Crippen MR) is 125 cm³/mol. The highest BCUT2D eigenvalue weighted by atomic mass is 17.3. The molecule has 5 aliphatic rings. The summed E-state index contributed by atoms with van der Waals surface area (Å²) in [5.74, 6) is -0.750. The van der Waals surface area contributed by atoms with Crippen molar-refractivity contribution in [2.24, 2.45) is 23.7 Å². The van der Waals surface area contributed by atoms with Crippen LogP contribution in [0.25, 0.3) is 0 Å². The van der Waals surface area contributed by atoms with Crippen LogP contribution in [0.3, 0.4) is 0 Å². The van der Waals surface area contributed by atoms with Crippen molar-refractivity contribution in [2.75, 3.05) is 6.54 Å². The summed E-state index contributed by atoms with van der Waals surface area (Å²) in [4.78, 5) is 36.8. The molecule has 8 unspecified atom stereocenters. The normalized spacial score (nSPS) is 39.9. The lowest BCUT2D eigenvalue weighted by atomic mass is 9.58. The van der Waals surface area contributed by atoms with Gasteiger partial charge in [0.25, 0.3) is 0 Å². The van der Waals surface area contributed by atoms with Crippen molar-refractivity contribution < 1.29 is 33.6 Å². The molecule has 1 aromatic carbocycles. The zero-order valence-corrected chi connectivity index (χ0v) is 20.9. The molecule has 8 heteroatoms. The topological polar surface area (TPSA) is 92.3 Å². The molecule has 0 radical (unpaired) electrons. The van der Waals surface area contributed by atoms with Crippen LogP contribution in [0.2, 0.25) is 0 Å². The van der Waals surface area contributed by atoms with Crippen molar-refractivity contribution in [1.29, 1.82) is 0 Å². The number of hydrogen-bond donors (Lipinski definition) is 1. The Balaban J connectivity index is 1.16. The van der Waals surface area contributed by atoms with E-state index in [4.69, 9.17) is 24.0 Å². The van der Waals surface area contributed by atoms with Gasteiger partial charge in [-0.2, -0.15) is 0 Å². The van der Waals surface area contributed by atoms with Crippen LogP contribution in [0.4, 0.5) is 0 Å². The molecule has 1 aliphatic carbocycles. The van der Waals surface area contributed by atoms with Crippen molar-refractivity contribution >= 4 is 11.9 Å². The maximum atomic E-state index is 12.7. The van der Waals surface area contributed by atoms with E-state index in [2.05, 4.69) is 12.2 Å². The van der Waals surface area contributed by atoms with E-state index in [9.17, 15) is 9.59 Å². The zero-order chi connectivity index (χ0) is 24.6. The van der Waals surface area contributed by atoms with E-state index in [1.807, 2.05) is 44.2 Å². The number of hydrogen-bond acceptors (Lipinski definition) is 7. The third-order valence-corrected chi connectivity index (χ3v) is 8.48. The lowest BCUT2D eigenvalue weighted by molar-refractivity contribution is -0.576. The van der Waals surface area contributed by atoms with Crippen LogP contribution in [0.5, 0.6) is 0 Å². The number of nitrogens with one attached hydrogen (secondary N) is 1. The van der Waals surface area contributed by atoms with E-state index in [-0.39, 0.29) is 36.5 Å². The first-order valence-electron chi connectivity index (χ1n) is 13.0. The van der Waals surface area contributed by atoms with Crippen LogP contribution in [0.1, 0.15) is 64.9 Å². The fourth-order valence-corrected chi connectivity index (χ4v) is 6.49. The molecule has 1 spiro atoms. The van der Waals surface area contributed by atoms with Gasteiger partial charge in [-0.05, 0) is 50.0 Å². The summed E-state index contributed by atoms with van der Waals surface area (Å²) in [5.41, 5.74) is 0.472. The first kappa shape index (κ1) is 24.7. The van der Waals surface area contributed by atoms with Gasteiger partial charge in [0, 0.05) is 31.2 Å². The Morgan fingerprint density at radius 3 is 2.66 bits per heavy atom. The highest BCUT2D eigenvalue weighted by Crippen LogP contribution is 2.60. The van der Waals surface area contributed by atoms with Crippen LogP contribution in [0, 0.1) is 23.7 Å². The Hall–Kier alpha value is -2.00. The maximum Gasteiger partial charge on any atom is 0.308 e. The fraction of sp³-hybridized carbons (Fsp3) is 0.704. The molecule has 1 saturated carbocycles. The van der Waals surface area contributed by atoms with Crippen LogP contribution >= 0.6 is 0 Å². The molecule has 4 aliphatic heterocycles. The lowest BCUT2D eigenvalue weighted by Crippen LogP contribution is -2.70. The fourth-order valence-electron chi connectivity index (χ4n) is 6.49. The minimum absolute atomic E-state index is 0.00205. The van der Waals surface area contributed by atoms with E-state index in [0.717, 1.165) is 37.7 Å². The molecule has 1 N–H and O–H groups in total. The van der Waals surface area contributed by atoms with E-state index >= 15 is 0 Å². The number of benzene rings is 1. The van der Waals surface area contributed by atoms with Gasteiger partial charge >= 0.3 is 5.97 Å². The second kappa shape index (κ2) is 9.81. The number of rotatable bonds is 7. The number of carbonyl (C=O) groups excluding carboxylic acids is 2. The Kier molecular flexibility index (Phi) is 6.92. The predicted octanol–water partition coefficient (Wildman–Crippen LogP) is 3.88. The van der Waals surface area contributed by atoms with Gasteiger partial charge in [0.15, 0.2) is 11.9 Å². The van der Waals surface area contributed by atoms with Gasteiger partial charge in [0.2, 0.25) is 18.0 Å². The third-order valence-electron chi connectivity index (χ3n) is 8.48. The summed E-state index contributed by atoms with van der Waals surface area (Å²) >= 11 is 0. The van der Waals surface area contributed by atoms with Crippen LogP contribution in [0.15, 0.2) is 30.3 Å². The van der Waals surface area contributed by atoms with Crippen LogP contribution in [-0.4, -0.2) is 42.4 Å². The molecule has 4 saturated heterocycles. The van der Waals surface area contributed by atoms with Gasteiger partial charge in [-0.3, -0.25) is 9.59 Å². The van der Waals surface area contributed by atoms with Gasteiger partial charge in [-0.1, -0.05) is 44.2 Å². The summed E-state index contributed by atoms with van der Waals surface area (Å²) in [6, 6.07) is 9.96. The van der Waals surface area contributed by atoms with E-state index in [0.29, 0.717) is 12.5 Å². The van der Waals surface area contributed by atoms with Crippen molar-refractivity contribution in [3.05, 3.63) is 35.9 Å². The first-order valence-corrected chi connectivity index (χ1v) is 13.0. The van der Waals surface area contributed by atoms with Gasteiger partial charge in [-0.15, -0.1) is 0 Å². The third kappa shape index (κ3) is 4.73. The Morgan fingerprint density at radius 2 is 1.86 bits per heavy atom. The number of carbonyl (C=O) groups is 2. The standard InChI is InChI=1S/C27H37NO7/c1-17-9-10-21-18(2)24(32-25-27(21)20(17)13-15-26(3,33-25)34-35-27)31-23(30)12-11-22(29)28-16-14-19-7-5-4-6-8-19/h4-8,17-18,20-21,24-25H,9-16H2,1-3H3,(H,28,29). The van der Waals surface area contributed by atoms with Gasteiger partial charge in [-0.25, -0.2) is 9.78 Å². The molecule has 1 aromatic rings. The smallest absolute Gasteiger partial charge is 0.308 e. The minimum atomic E-state index is -0.871. The van der Waals surface area contributed by atoms with Gasteiger partial charge in [0.05, 0.1) is 6.42 Å². The number of amides is 1. The molecular formula is C27H37NO7. The zero-order valence-electron chi connectivity index (χ0n) is 20.9. The molecular weight excluding hydrogens is 450 g/mol. The molecule has 8 atom stereocenters. The molecule has 5 fully saturated rings. The molecule has 35 heavy (non-hydrogen) atoms. The van der Waals surface area contributed by atoms with Gasteiger partial charge in [0.1, 0.15) is 0 Å². The summed E-state index contributed by atoms with van der Waals surface area (Å²) in [6.45, 7) is 6.71. The highest BCUT2D eigenvalue weighted by molar-refractivity contribution is 5.81. The van der Waals surface area contributed by atoms with Crippen molar-refractivity contribution in [3.8, 4) is 0 Å². The summed E-state index contributed by atoms with van der Waals surface area (Å²) < 4.78 is 18.3. The molecule has 192 valence electrons. The van der Waals surface area contributed by atoms with Gasteiger partial charge < -0.3 is 19.5 Å². The van der Waals surface area contributed by atoms with Crippen LogP contribution in [-0.2, 0) is 40.0 Å². The SMILES string of the molecule is CC1CCC2C(C)C(OC(=O)CCC(=O)NCCc3ccccc3)OC3OC4(C)CCC1C32OO4. The molecule has 1 amide bonds. The molecule has 0 aromatic heterocycles. The monoisotopic (exact) mass is 487 g/mol. The van der Waals surface area contributed by atoms with Crippen molar-refractivity contribution in [1.82, 2.24) is 5.32 Å². The Morgan fingerprint density at radius 1 is 1.06 bits per heavy atom. The molecule has 4 heterocycles. The molecule has 6 rings (SSSR count). The summed E-state index contributed by atoms with van der Waals surface area (Å²) in [5, 5.41) is 2.87. The van der Waals surface area contributed by atoms with Crippen molar-refractivity contribution in [2.45, 2.75) is 89.7 Å². The van der Waals surface area contributed by atoms with E-state index in [1.165, 1.54) is 0 Å². The van der Waals surface area contributed by atoms with E-state index < -0.39 is 29.9 Å². The minimum Gasteiger partial charge on any atom is -0.435 e. The summed E-state index contributed by atoms with van der Waals surface area (Å²) in [6.07, 6.45) is 3.12. The summed E-state index contributed by atoms with van der Waals surface area (Å²) in [7, 11) is 0. The number of esters is 1. The highest BCUT2D eigenvalue weighted by Gasteiger charge is 2.69. The second-order valence-corrected chi connectivity index (χ2v) is 10.8. The largest absolute Gasteiger partial charge is 0.435 e. The van der Waals surface area contributed by atoms with Crippen LogP contribution < -0.4 is 5.32 Å². The van der Waals surface area contributed by atoms with E-state index in [1.54, 1.807) is 0 Å². The molecule has 2 bridgehead atoms. The quantitative estimate of drug-likeness (QED) is 0.461.